The maximum absolute atomic E-state index is 13.8. The minimum Gasteiger partial charge on any atom is -0.497 e. The van der Waals surface area contributed by atoms with Gasteiger partial charge in [0.15, 0.2) is 11.5 Å². The number of rotatable bonds is 7. The highest BCUT2D eigenvalue weighted by atomic mass is 35.5. The van der Waals surface area contributed by atoms with Crippen molar-refractivity contribution in [2.24, 2.45) is 0 Å². The maximum Gasteiger partial charge on any atom is 0.355 e. The van der Waals surface area contributed by atoms with E-state index in [0.717, 1.165) is 0 Å². The number of hydrogen-bond acceptors (Lipinski definition) is 8. The third-order valence-electron chi connectivity index (χ3n) is 5.64. The fourth-order valence-corrected chi connectivity index (χ4v) is 4.20. The number of pyridine rings is 2. The number of ether oxygens (including phenoxy) is 5. The van der Waals surface area contributed by atoms with Crippen LogP contribution in [0.1, 0.15) is 10.5 Å². The summed E-state index contributed by atoms with van der Waals surface area (Å²) in [4.78, 5) is 31.4. The molecule has 0 saturated carbocycles. The van der Waals surface area contributed by atoms with Crippen molar-refractivity contribution in [2.75, 3.05) is 35.5 Å². The van der Waals surface area contributed by atoms with Crippen molar-refractivity contribution < 1.29 is 28.5 Å². The molecule has 0 radical (unpaired) electrons. The molecule has 9 nitrogen and oxygen atoms in total. The van der Waals surface area contributed by atoms with Gasteiger partial charge in [0.25, 0.3) is 5.56 Å². The van der Waals surface area contributed by atoms with Crippen LogP contribution in [0, 0.1) is 0 Å². The van der Waals surface area contributed by atoms with E-state index in [1.165, 1.54) is 40.1 Å². The van der Waals surface area contributed by atoms with Crippen molar-refractivity contribution in [3.63, 3.8) is 0 Å². The lowest BCUT2D eigenvalue weighted by molar-refractivity contribution is 0.0591. The number of halogens is 1. The number of hydrogen-bond donors (Lipinski definition) is 0. The lowest BCUT2D eigenvalue weighted by Gasteiger charge is -2.20. The zero-order valence-electron chi connectivity index (χ0n) is 20.2. The molecule has 0 bridgehead atoms. The third kappa shape index (κ3) is 4.18. The topological polar surface area (TPSA) is 98.1 Å². The molecule has 4 aromatic rings. The molecule has 36 heavy (non-hydrogen) atoms. The number of aromatic nitrogens is 2. The van der Waals surface area contributed by atoms with Crippen LogP contribution in [0.4, 0.5) is 0 Å². The third-order valence-corrected chi connectivity index (χ3v) is 5.85. The van der Waals surface area contributed by atoms with E-state index in [0.29, 0.717) is 45.2 Å². The van der Waals surface area contributed by atoms with Gasteiger partial charge in [0, 0.05) is 17.0 Å². The molecule has 186 valence electrons. The summed E-state index contributed by atoms with van der Waals surface area (Å²) in [5, 5.41) is 0.511. The highest BCUT2D eigenvalue weighted by Crippen LogP contribution is 2.43. The minimum atomic E-state index is -0.740. The predicted octanol–water partition coefficient (Wildman–Crippen LogP) is 4.53. The highest BCUT2D eigenvalue weighted by Gasteiger charge is 2.27. The number of methoxy groups -OCH3 is 5. The van der Waals surface area contributed by atoms with E-state index in [1.54, 1.807) is 48.5 Å². The molecule has 0 saturated heterocycles. The molecule has 0 aliphatic carbocycles. The van der Waals surface area contributed by atoms with E-state index >= 15 is 0 Å². The van der Waals surface area contributed by atoms with Crippen LogP contribution < -0.4 is 24.5 Å². The Morgan fingerprint density at radius 3 is 2.17 bits per heavy atom. The molecule has 2 heterocycles. The lowest BCUT2D eigenvalue weighted by atomic mass is 9.97. The molecule has 2 aromatic heterocycles. The average molecular weight is 511 g/mol. The molecule has 0 unspecified atom stereocenters. The standard InChI is InChI=1S/C26H23ClN2O7/c1-32-16-8-6-7-15(13-16)29-23(26(31)36-5)21(17-9-10-20(27)28-22(17)25(29)30)14-11-18(33-2)24(35-4)19(12-14)34-3/h6-13H,1-5H3. The molecular formula is C26H23ClN2O7. The van der Waals surface area contributed by atoms with Gasteiger partial charge in [-0.2, -0.15) is 0 Å². The SMILES string of the molecule is COC(=O)c1c(-c2cc(OC)c(OC)c(OC)c2)c2ccc(Cl)nc2c(=O)n1-c1cccc(OC)c1. The van der Waals surface area contributed by atoms with Crippen molar-refractivity contribution in [1.82, 2.24) is 9.55 Å². The van der Waals surface area contributed by atoms with Crippen molar-refractivity contribution in [1.29, 1.82) is 0 Å². The van der Waals surface area contributed by atoms with Crippen molar-refractivity contribution >= 4 is 28.5 Å². The average Bonchev–Trinajstić information content (AvgIpc) is 2.91. The van der Waals surface area contributed by atoms with E-state index < -0.39 is 11.5 Å². The Morgan fingerprint density at radius 1 is 0.889 bits per heavy atom. The summed E-state index contributed by atoms with van der Waals surface area (Å²) in [5.41, 5.74) is 0.705. The summed E-state index contributed by atoms with van der Waals surface area (Å²) in [7, 11) is 7.21. The van der Waals surface area contributed by atoms with E-state index in [1.807, 2.05) is 0 Å². The van der Waals surface area contributed by atoms with Crippen LogP contribution in [0.2, 0.25) is 5.15 Å². The Hall–Kier alpha value is -4.24. The van der Waals surface area contributed by atoms with Gasteiger partial charge in [-0.15, -0.1) is 0 Å². The number of fused-ring (bicyclic) bond motifs is 1. The summed E-state index contributed by atoms with van der Waals surface area (Å²) >= 11 is 6.17. The van der Waals surface area contributed by atoms with Crippen molar-refractivity contribution in [3.8, 4) is 39.8 Å². The van der Waals surface area contributed by atoms with Crippen LogP contribution in [0.5, 0.6) is 23.0 Å². The quantitative estimate of drug-likeness (QED) is 0.264. The first-order valence-electron chi connectivity index (χ1n) is 10.7. The molecule has 2 aromatic carbocycles. The second-order valence-electron chi connectivity index (χ2n) is 7.50. The lowest BCUT2D eigenvalue weighted by Crippen LogP contribution is -2.27. The van der Waals surface area contributed by atoms with Gasteiger partial charge >= 0.3 is 5.97 Å². The summed E-state index contributed by atoms with van der Waals surface area (Å²) in [6, 6.07) is 13.3. The zero-order valence-corrected chi connectivity index (χ0v) is 21.0. The highest BCUT2D eigenvalue weighted by molar-refractivity contribution is 6.30. The summed E-state index contributed by atoms with van der Waals surface area (Å²) in [6.07, 6.45) is 0. The number of esters is 1. The van der Waals surface area contributed by atoms with Crippen molar-refractivity contribution in [2.45, 2.75) is 0 Å². The second kappa shape index (κ2) is 10.2. The van der Waals surface area contributed by atoms with Gasteiger partial charge in [-0.05, 0) is 42.0 Å². The number of nitrogens with zero attached hydrogens (tertiary/aromatic N) is 2. The molecule has 0 aliphatic rings. The Balaban J connectivity index is 2.25. The number of benzene rings is 2. The fourth-order valence-electron chi connectivity index (χ4n) is 4.05. The van der Waals surface area contributed by atoms with E-state index in [4.69, 9.17) is 35.3 Å². The Bertz CT molecular complexity index is 1510. The van der Waals surface area contributed by atoms with E-state index in [9.17, 15) is 9.59 Å². The van der Waals surface area contributed by atoms with Crippen LogP contribution in [-0.2, 0) is 4.74 Å². The smallest absolute Gasteiger partial charge is 0.355 e. The number of carbonyl (C=O) groups excluding carboxylic acids is 1. The summed E-state index contributed by atoms with van der Waals surface area (Å²) in [5.74, 6) is 0.836. The van der Waals surface area contributed by atoms with E-state index in [-0.39, 0.29) is 16.4 Å². The van der Waals surface area contributed by atoms with Gasteiger partial charge in [0.1, 0.15) is 22.1 Å². The van der Waals surface area contributed by atoms with Crippen LogP contribution in [0.25, 0.3) is 27.7 Å². The monoisotopic (exact) mass is 510 g/mol. The predicted molar refractivity (Wildman–Crippen MR) is 135 cm³/mol. The molecule has 0 N–H and O–H groups in total. The van der Waals surface area contributed by atoms with Crippen LogP contribution in [-0.4, -0.2) is 51.1 Å². The normalized spacial score (nSPS) is 10.7. The molecule has 0 fully saturated rings. The Kier molecular flexibility index (Phi) is 7.03. The Labute approximate surface area is 211 Å². The largest absolute Gasteiger partial charge is 0.497 e. The first kappa shape index (κ1) is 24.9. The van der Waals surface area contributed by atoms with Crippen LogP contribution in [0.15, 0.2) is 53.3 Å². The van der Waals surface area contributed by atoms with Gasteiger partial charge in [-0.1, -0.05) is 17.7 Å². The van der Waals surface area contributed by atoms with Gasteiger partial charge in [-0.25, -0.2) is 9.78 Å². The molecule has 0 spiro atoms. The molecule has 0 amide bonds. The van der Waals surface area contributed by atoms with Gasteiger partial charge in [0.2, 0.25) is 5.75 Å². The fraction of sp³-hybridized carbons (Fsp3) is 0.192. The summed E-state index contributed by atoms with van der Waals surface area (Å²) < 4.78 is 28.2. The maximum atomic E-state index is 13.8. The minimum absolute atomic E-state index is 0.0263. The molecule has 0 aliphatic heterocycles. The molecule has 4 rings (SSSR count). The van der Waals surface area contributed by atoms with Crippen LogP contribution >= 0.6 is 11.6 Å². The van der Waals surface area contributed by atoms with Gasteiger partial charge in [-0.3, -0.25) is 9.36 Å². The summed E-state index contributed by atoms with van der Waals surface area (Å²) in [6.45, 7) is 0. The Morgan fingerprint density at radius 2 is 1.58 bits per heavy atom. The second-order valence-corrected chi connectivity index (χ2v) is 7.89. The van der Waals surface area contributed by atoms with Crippen molar-refractivity contribution in [3.05, 3.63) is 69.7 Å². The molecule has 10 heteroatoms. The van der Waals surface area contributed by atoms with E-state index in [2.05, 4.69) is 4.98 Å². The zero-order chi connectivity index (χ0) is 26.0. The molecular weight excluding hydrogens is 488 g/mol. The van der Waals surface area contributed by atoms with Gasteiger partial charge < -0.3 is 23.7 Å². The van der Waals surface area contributed by atoms with Gasteiger partial charge in [0.05, 0.1) is 41.2 Å². The first-order valence-corrected chi connectivity index (χ1v) is 11.0. The first-order chi connectivity index (χ1) is 17.4. The van der Waals surface area contributed by atoms with Crippen LogP contribution in [0.3, 0.4) is 0 Å². The number of carbonyl (C=O) groups is 1. The molecule has 0 atom stereocenters.